The van der Waals surface area contributed by atoms with E-state index in [0.717, 1.165) is 5.56 Å². The molecular weight excluding hydrogens is 485 g/mol. The van der Waals surface area contributed by atoms with Crippen molar-refractivity contribution in [3.05, 3.63) is 95.4 Å². The van der Waals surface area contributed by atoms with Crippen LogP contribution in [0.3, 0.4) is 0 Å². The van der Waals surface area contributed by atoms with Crippen LogP contribution in [0.25, 0.3) is 10.9 Å². The fourth-order valence-electron chi connectivity index (χ4n) is 4.63. The Bertz CT molecular complexity index is 1540. The van der Waals surface area contributed by atoms with E-state index < -0.39 is 5.41 Å². The molecule has 0 atom stereocenters. The van der Waals surface area contributed by atoms with Gasteiger partial charge in [-0.3, -0.25) is 19.4 Å². The van der Waals surface area contributed by atoms with E-state index in [0.29, 0.717) is 52.1 Å². The lowest BCUT2D eigenvalue weighted by molar-refractivity contribution is -0.133. The Morgan fingerprint density at radius 2 is 1.47 bits per heavy atom. The van der Waals surface area contributed by atoms with Crippen LogP contribution in [0, 0.1) is 11.2 Å². The van der Waals surface area contributed by atoms with E-state index in [4.69, 9.17) is 9.47 Å². The second-order valence-corrected chi connectivity index (χ2v) is 9.59. The molecule has 192 valence electrons. The average molecular weight is 512 g/mol. The molecule has 38 heavy (non-hydrogen) atoms. The predicted octanol–water partition coefficient (Wildman–Crippen LogP) is 6.08. The lowest BCUT2D eigenvalue weighted by atomic mass is 9.88. The van der Waals surface area contributed by atoms with Gasteiger partial charge in [0.2, 0.25) is 0 Å². The van der Waals surface area contributed by atoms with Crippen LogP contribution in [0.5, 0.6) is 17.2 Å². The van der Waals surface area contributed by atoms with Gasteiger partial charge in [0.25, 0.3) is 0 Å². The summed E-state index contributed by atoms with van der Waals surface area (Å²) in [6.45, 7) is 1.47. The highest BCUT2D eigenvalue weighted by molar-refractivity contribution is 6.11. The number of nitrogens with zero attached hydrogens (tertiary/aromatic N) is 1. The van der Waals surface area contributed by atoms with E-state index in [1.807, 2.05) is 0 Å². The number of hydrogen-bond acceptors (Lipinski definition) is 6. The normalized spacial score (nSPS) is 13.7. The number of Topliss-reactive ketones (excluding diaryl/α,β-unsaturated/α-hetero) is 3. The Kier molecular flexibility index (Phi) is 6.76. The highest BCUT2D eigenvalue weighted by Gasteiger charge is 2.54. The molecule has 0 saturated heterocycles. The van der Waals surface area contributed by atoms with E-state index in [2.05, 4.69) is 4.98 Å². The number of carbonyl (C=O) groups excluding carboxylic acids is 3. The van der Waals surface area contributed by atoms with Gasteiger partial charge in [0.05, 0.1) is 23.6 Å². The number of carbonyl (C=O) groups is 3. The van der Waals surface area contributed by atoms with E-state index >= 15 is 0 Å². The fourth-order valence-corrected chi connectivity index (χ4v) is 4.63. The first kappa shape index (κ1) is 25.3. The third-order valence-electron chi connectivity index (χ3n) is 7.01. The molecule has 0 bridgehead atoms. The number of rotatable bonds is 10. The number of halogens is 1. The molecule has 7 heteroatoms. The number of ketones is 3. The van der Waals surface area contributed by atoms with Gasteiger partial charge in [0, 0.05) is 30.5 Å². The van der Waals surface area contributed by atoms with Crippen LogP contribution in [-0.4, -0.2) is 29.4 Å². The van der Waals surface area contributed by atoms with Crippen LogP contribution in [0.2, 0.25) is 0 Å². The summed E-state index contributed by atoms with van der Waals surface area (Å²) in [5.41, 5.74) is 1.62. The number of fused-ring (bicyclic) bond motifs is 1. The van der Waals surface area contributed by atoms with Crippen molar-refractivity contribution in [3.8, 4) is 17.2 Å². The second kappa shape index (κ2) is 10.2. The summed E-state index contributed by atoms with van der Waals surface area (Å²) >= 11 is 0. The predicted molar refractivity (Wildman–Crippen MR) is 140 cm³/mol. The monoisotopic (exact) mass is 511 g/mol. The quantitative estimate of drug-likeness (QED) is 0.190. The van der Waals surface area contributed by atoms with Crippen molar-refractivity contribution in [1.82, 2.24) is 4.98 Å². The number of benzene rings is 3. The SMILES string of the molecule is COc1cc2nccc(Oc3ccc(CC(=O)C4(C(=O)Cc5ccc(F)cc5)CC4)cc3)c2cc1C(C)=O. The summed E-state index contributed by atoms with van der Waals surface area (Å²) < 4.78 is 24.6. The molecular formula is C31H26FNO5. The van der Waals surface area contributed by atoms with Gasteiger partial charge in [-0.05, 0) is 67.3 Å². The molecule has 0 amide bonds. The van der Waals surface area contributed by atoms with Crippen molar-refractivity contribution < 1.29 is 28.2 Å². The molecule has 1 fully saturated rings. The van der Waals surface area contributed by atoms with Crippen molar-refractivity contribution in [1.29, 1.82) is 0 Å². The first-order chi connectivity index (χ1) is 18.3. The van der Waals surface area contributed by atoms with E-state index in [-0.39, 0.29) is 36.0 Å². The number of ether oxygens (including phenoxy) is 2. The molecule has 1 heterocycles. The number of aromatic nitrogens is 1. The maximum absolute atomic E-state index is 13.2. The first-order valence-corrected chi connectivity index (χ1v) is 12.3. The van der Waals surface area contributed by atoms with Crippen LogP contribution < -0.4 is 9.47 Å². The lowest BCUT2D eigenvalue weighted by Gasteiger charge is -2.14. The van der Waals surface area contributed by atoms with Crippen LogP contribution in [0.4, 0.5) is 4.39 Å². The summed E-state index contributed by atoms with van der Waals surface area (Å²) in [6, 6.07) is 18.1. The molecule has 1 aromatic heterocycles. The van der Waals surface area contributed by atoms with Gasteiger partial charge in [-0.25, -0.2) is 4.39 Å². The van der Waals surface area contributed by atoms with E-state index in [9.17, 15) is 18.8 Å². The van der Waals surface area contributed by atoms with Gasteiger partial charge in [0.1, 0.15) is 23.1 Å². The summed E-state index contributed by atoms with van der Waals surface area (Å²) in [5, 5.41) is 0.674. The Hall–Kier alpha value is -4.39. The zero-order valence-corrected chi connectivity index (χ0v) is 21.1. The topological polar surface area (TPSA) is 82.6 Å². The van der Waals surface area contributed by atoms with Gasteiger partial charge < -0.3 is 9.47 Å². The van der Waals surface area contributed by atoms with E-state index in [1.54, 1.807) is 60.8 Å². The molecule has 0 N–H and O–H groups in total. The van der Waals surface area contributed by atoms with Gasteiger partial charge >= 0.3 is 0 Å². The third kappa shape index (κ3) is 5.05. The maximum atomic E-state index is 13.2. The Morgan fingerprint density at radius 3 is 2.03 bits per heavy atom. The van der Waals surface area contributed by atoms with Crippen LogP contribution in [0.15, 0.2) is 72.9 Å². The summed E-state index contributed by atoms with van der Waals surface area (Å²) in [5.74, 6) is 0.855. The molecule has 0 aliphatic heterocycles. The number of methoxy groups -OCH3 is 1. The highest BCUT2D eigenvalue weighted by Crippen LogP contribution is 2.48. The van der Waals surface area contributed by atoms with Crippen molar-refractivity contribution in [2.45, 2.75) is 32.6 Å². The molecule has 1 saturated carbocycles. The Morgan fingerprint density at radius 1 is 0.868 bits per heavy atom. The van der Waals surface area contributed by atoms with Crippen molar-refractivity contribution >= 4 is 28.3 Å². The lowest BCUT2D eigenvalue weighted by Crippen LogP contribution is -2.28. The first-order valence-electron chi connectivity index (χ1n) is 12.3. The smallest absolute Gasteiger partial charge is 0.163 e. The fraction of sp³-hybridized carbons (Fsp3) is 0.226. The van der Waals surface area contributed by atoms with Gasteiger partial charge in [0.15, 0.2) is 17.3 Å². The van der Waals surface area contributed by atoms with E-state index in [1.165, 1.54) is 26.2 Å². The zero-order chi connectivity index (χ0) is 26.9. The Balaban J connectivity index is 1.28. The number of hydrogen-bond donors (Lipinski definition) is 0. The van der Waals surface area contributed by atoms with Crippen LogP contribution in [0.1, 0.15) is 41.3 Å². The van der Waals surface area contributed by atoms with Crippen molar-refractivity contribution in [3.63, 3.8) is 0 Å². The van der Waals surface area contributed by atoms with Gasteiger partial charge in [-0.1, -0.05) is 24.3 Å². The van der Waals surface area contributed by atoms with Gasteiger partial charge in [-0.15, -0.1) is 0 Å². The standard InChI is InChI=1S/C31H26FNO5/c1-19(34)24-17-25-26(18-28(24)37-2)33-14-11-27(25)38-23-9-5-21(6-10-23)16-30(36)31(12-13-31)29(35)15-20-3-7-22(32)8-4-20/h3-11,14,17-18H,12-13,15-16H2,1-2H3. The molecule has 0 radical (unpaired) electrons. The minimum Gasteiger partial charge on any atom is -0.496 e. The summed E-state index contributed by atoms with van der Waals surface area (Å²) in [6.07, 6.45) is 2.99. The minimum atomic E-state index is -0.936. The molecule has 1 aliphatic rings. The summed E-state index contributed by atoms with van der Waals surface area (Å²) in [7, 11) is 1.51. The largest absolute Gasteiger partial charge is 0.496 e. The van der Waals surface area contributed by atoms with Crippen LogP contribution >= 0.6 is 0 Å². The molecule has 5 rings (SSSR count). The summed E-state index contributed by atoms with van der Waals surface area (Å²) in [4.78, 5) is 42.4. The minimum absolute atomic E-state index is 0.0934. The molecule has 1 aliphatic carbocycles. The molecule has 6 nitrogen and oxygen atoms in total. The molecule has 0 unspecified atom stereocenters. The zero-order valence-electron chi connectivity index (χ0n) is 21.1. The van der Waals surface area contributed by atoms with Crippen molar-refractivity contribution in [2.75, 3.05) is 7.11 Å². The van der Waals surface area contributed by atoms with Gasteiger partial charge in [-0.2, -0.15) is 0 Å². The highest BCUT2D eigenvalue weighted by atomic mass is 19.1. The average Bonchev–Trinajstić information content (AvgIpc) is 3.73. The Labute approximate surface area is 219 Å². The third-order valence-corrected chi connectivity index (χ3v) is 7.01. The second-order valence-electron chi connectivity index (χ2n) is 9.59. The maximum Gasteiger partial charge on any atom is 0.163 e. The molecule has 0 spiro atoms. The molecule has 4 aromatic rings. The van der Waals surface area contributed by atoms with Crippen LogP contribution in [-0.2, 0) is 22.4 Å². The molecule has 3 aromatic carbocycles. The number of pyridine rings is 1. The van der Waals surface area contributed by atoms with Crippen molar-refractivity contribution in [2.24, 2.45) is 5.41 Å².